The van der Waals surface area contributed by atoms with E-state index in [2.05, 4.69) is 5.32 Å². The fourth-order valence-electron chi connectivity index (χ4n) is 1.80. The van der Waals surface area contributed by atoms with E-state index >= 15 is 0 Å². The Kier molecular flexibility index (Phi) is 4.62. The highest BCUT2D eigenvalue weighted by Gasteiger charge is 2.38. The van der Waals surface area contributed by atoms with Gasteiger partial charge in [0.1, 0.15) is 11.7 Å². The number of carbonyl (C=O) groups is 2. The van der Waals surface area contributed by atoms with Gasteiger partial charge in [-0.2, -0.15) is 0 Å². The zero-order chi connectivity index (χ0) is 16.4. The van der Waals surface area contributed by atoms with Crippen LogP contribution in [0, 0.1) is 27.3 Å². The van der Waals surface area contributed by atoms with Crippen LogP contribution in [0.4, 0.5) is 15.8 Å². The Hall–Kier alpha value is -2.51. The van der Waals surface area contributed by atoms with Crippen molar-refractivity contribution in [1.29, 1.82) is 0 Å². The highest BCUT2D eigenvalue weighted by molar-refractivity contribution is 6.05. The van der Waals surface area contributed by atoms with E-state index in [0.29, 0.717) is 0 Å². The van der Waals surface area contributed by atoms with Crippen LogP contribution in [0.3, 0.4) is 0 Å². The molecule has 0 saturated heterocycles. The van der Waals surface area contributed by atoms with E-state index in [0.717, 1.165) is 18.2 Å². The predicted molar refractivity (Wildman–Crippen MR) is 72.3 cm³/mol. The zero-order valence-corrected chi connectivity index (χ0v) is 11.7. The molecule has 0 fully saturated rings. The first-order valence-electron chi connectivity index (χ1n) is 6.01. The summed E-state index contributed by atoms with van der Waals surface area (Å²) in [6, 6.07) is 2.62. The number of benzene rings is 1. The molecule has 0 aromatic heterocycles. The molecule has 0 aliphatic rings. The number of carbonyl (C=O) groups excluding carboxylic acids is 1. The normalized spacial score (nSPS) is 12.6. The molecule has 1 amide bonds. The lowest BCUT2D eigenvalue weighted by molar-refractivity contribution is -0.384. The number of hydrogen-bond donors (Lipinski definition) is 2. The number of nitro benzene ring substituents is 1. The third-order valence-electron chi connectivity index (χ3n) is 2.79. The van der Waals surface area contributed by atoms with Gasteiger partial charge in [-0.25, -0.2) is 4.39 Å². The Morgan fingerprint density at radius 2 is 1.95 bits per heavy atom. The van der Waals surface area contributed by atoms with Crippen LogP contribution in [-0.2, 0) is 9.59 Å². The number of non-ortho nitro benzene ring substituents is 1. The summed E-state index contributed by atoms with van der Waals surface area (Å²) in [5.41, 5.74) is -1.73. The van der Waals surface area contributed by atoms with Crippen LogP contribution in [0.15, 0.2) is 18.2 Å². The Labute approximate surface area is 119 Å². The Morgan fingerprint density at radius 3 is 2.38 bits per heavy atom. The standard InChI is InChI=1S/C13H15FN2O5/c1-13(2,3)10(12(18)19)11(17)15-9-6-7(16(20)21)4-5-8(9)14/h4-6,10H,1-3H3,(H,15,17)(H,18,19). The van der Waals surface area contributed by atoms with Gasteiger partial charge in [0.15, 0.2) is 0 Å². The molecule has 1 aromatic rings. The second-order valence-electron chi connectivity index (χ2n) is 5.55. The van der Waals surface area contributed by atoms with Crippen molar-refractivity contribution in [3.63, 3.8) is 0 Å². The molecule has 7 nitrogen and oxygen atoms in total. The quantitative estimate of drug-likeness (QED) is 0.504. The third-order valence-corrected chi connectivity index (χ3v) is 2.79. The number of carboxylic acids is 1. The summed E-state index contributed by atoms with van der Waals surface area (Å²) in [5.74, 6) is -4.59. The second-order valence-corrected chi connectivity index (χ2v) is 5.55. The predicted octanol–water partition coefficient (Wildman–Crippen LogP) is 2.42. The number of nitrogens with zero attached hydrogens (tertiary/aromatic N) is 1. The highest BCUT2D eigenvalue weighted by atomic mass is 19.1. The van der Waals surface area contributed by atoms with Crippen molar-refractivity contribution in [2.75, 3.05) is 5.32 Å². The van der Waals surface area contributed by atoms with Crippen LogP contribution in [0.5, 0.6) is 0 Å². The lowest BCUT2D eigenvalue weighted by atomic mass is 9.80. The molecule has 0 saturated carbocycles. The van der Waals surface area contributed by atoms with E-state index < -0.39 is 45.3 Å². The lowest BCUT2D eigenvalue weighted by Gasteiger charge is -2.25. The Bertz CT molecular complexity index is 595. The van der Waals surface area contributed by atoms with Crippen LogP contribution in [-0.4, -0.2) is 21.9 Å². The minimum absolute atomic E-state index is 0.408. The number of anilines is 1. The maximum atomic E-state index is 13.6. The molecule has 1 aromatic carbocycles. The van der Waals surface area contributed by atoms with Crippen LogP contribution >= 0.6 is 0 Å². The first-order chi connectivity index (χ1) is 9.54. The maximum Gasteiger partial charge on any atom is 0.316 e. The number of nitro groups is 1. The van der Waals surface area contributed by atoms with Crippen molar-refractivity contribution >= 4 is 23.3 Å². The van der Waals surface area contributed by atoms with Gasteiger partial charge in [-0.3, -0.25) is 19.7 Å². The third kappa shape index (κ3) is 3.98. The monoisotopic (exact) mass is 298 g/mol. The molecule has 1 rings (SSSR count). The smallest absolute Gasteiger partial charge is 0.316 e. The van der Waals surface area contributed by atoms with Gasteiger partial charge in [0, 0.05) is 12.1 Å². The van der Waals surface area contributed by atoms with Crippen molar-refractivity contribution in [2.24, 2.45) is 11.3 Å². The Morgan fingerprint density at radius 1 is 1.38 bits per heavy atom. The number of rotatable bonds is 4. The van der Waals surface area contributed by atoms with Gasteiger partial charge in [0.25, 0.3) is 5.69 Å². The summed E-state index contributed by atoms with van der Waals surface area (Å²) in [6.45, 7) is 4.65. The molecule has 8 heteroatoms. The van der Waals surface area contributed by atoms with E-state index in [1.54, 1.807) is 20.8 Å². The molecular formula is C13H15FN2O5. The van der Waals surface area contributed by atoms with E-state index in [-0.39, 0.29) is 0 Å². The molecule has 21 heavy (non-hydrogen) atoms. The van der Waals surface area contributed by atoms with Gasteiger partial charge in [-0.05, 0) is 11.5 Å². The number of carboxylic acid groups (broad SMARTS) is 1. The molecule has 0 aliphatic heterocycles. The van der Waals surface area contributed by atoms with Gasteiger partial charge in [-0.15, -0.1) is 0 Å². The van der Waals surface area contributed by atoms with E-state index in [4.69, 9.17) is 5.11 Å². The topological polar surface area (TPSA) is 110 Å². The summed E-state index contributed by atoms with van der Waals surface area (Å²) in [6.07, 6.45) is 0. The fourth-order valence-corrected chi connectivity index (χ4v) is 1.80. The first kappa shape index (κ1) is 16.5. The molecule has 0 bridgehead atoms. The number of amides is 1. The van der Waals surface area contributed by atoms with Crippen molar-refractivity contribution < 1.29 is 24.0 Å². The zero-order valence-electron chi connectivity index (χ0n) is 11.7. The van der Waals surface area contributed by atoms with Crippen molar-refractivity contribution in [3.05, 3.63) is 34.1 Å². The lowest BCUT2D eigenvalue weighted by Crippen LogP contribution is -2.39. The van der Waals surface area contributed by atoms with Gasteiger partial charge in [0.05, 0.1) is 10.6 Å². The summed E-state index contributed by atoms with van der Waals surface area (Å²) >= 11 is 0. The molecule has 0 heterocycles. The second kappa shape index (κ2) is 5.86. The first-order valence-corrected chi connectivity index (χ1v) is 6.01. The molecule has 1 unspecified atom stereocenters. The Balaban J connectivity index is 3.10. The van der Waals surface area contributed by atoms with E-state index in [1.165, 1.54) is 0 Å². The molecule has 0 aliphatic carbocycles. The molecule has 2 N–H and O–H groups in total. The van der Waals surface area contributed by atoms with Crippen LogP contribution in [0.2, 0.25) is 0 Å². The average molecular weight is 298 g/mol. The fraction of sp³-hybridized carbons (Fsp3) is 0.385. The van der Waals surface area contributed by atoms with Crippen molar-refractivity contribution in [3.8, 4) is 0 Å². The summed E-state index contributed by atoms with van der Waals surface area (Å²) in [4.78, 5) is 33.1. The maximum absolute atomic E-state index is 13.6. The number of hydrogen-bond acceptors (Lipinski definition) is 4. The van der Waals surface area contributed by atoms with E-state index in [1.807, 2.05) is 0 Å². The summed E-state index contributed by atoms with van der Waals surface area (Å²) in [5, 5.41) is 21.8. The van der Waals surface area contributed by atoms with Crippen LogP contribution < -0.4 is 5.32 Å². The number of nitrogens with one attached hydrogen (secondary N) is 1. The molecular weight excluding hydrogens is 283 g/mol. The van der Waals surface area contributed by atoms with Gasteiger partial charge in [-0.1, -0.05) is 20.8 Å². The van der Waals surface area contributed by atoms with Crippen molar-refractivity contribution in [2.45, 2.75) is 20.8 Å². The van der Waals surface area contributed by atoms with E-state index in [9.17, 15) is 24.1 Å². The summed E-state index contributed by atoms with van der Waals surface area (Å²) in [7, 11) is 0. The van der Waals surface area contributed by atoms with Crippen molar-refractivity contribution in [1.82, 2.24) is 0 Å². The minimum Gasteiger partial charge on any atom is -0.481 e. The highest BCUT2D eigenvalue weighted by Crippen LogP contribution is 2.29. The van der Waals surface area contributed by atoms with Crippen LogP contribution in [0.1, 0.15) is 20.8 Å². The SMILES string of the molecule is CC(C)(C)C(C(=O)O)C(=O)Nc1cc([N+](=O)[O-])ccc1F. The molecule has 0 spiro atoms. The minimum atomic E-state index is -1.42. The van der Waals surface area contributed by atoms with Gasteiger partial charge < -0.3 is 10.4 Å². The summed E-state index contributed by atoms with van der Waals surface area (Å²) < 4.78 is 13.6. The van der Waals surface area contributed by atoms with Gasteiger partial charge >= 0.3 is 5.97 Å². The molecule has 1 atom stereocenters. The number of aliphatic carboxylic acids is 1. The molecule has 0 radical (unpaired) electrons. The van der Waals surface area contributed by atoms with Crippen LogP contribution in [0.25, 0.3) is 0 Å². The molecule has 114 valence electrons. The average Bonchev–Trinajstić information content (AvgIpc) is 2.28. The largest absolute Gasteiger partial charge is 0.481 e. The number of halogens is 1. The van der Waals surface area contributed by atoms with Gasteiger partial charge in [0.2, 0.25) is 5.91 Å².